The Kier molecular flexibility index (Phi) is 7.29. The molecule has 0 saturated heterocycles. The van der Waals surface area contributed by atoms with Crippen molar-refractivity contribution in [1.82, 2.24) is 14.9 Å². The Morgan fingerprint density at radius 1 is 0.917 bits per heavy atom. The molecule has 0 atom stereocenters. The molecule has 0 radical (unpaired) electrons. The number of nitrogens with one attached hydrogen (secondary N) is 2. The molecule has 0 fully saturated rings. The highest BCUT2D eigenvalue weighted by atomic mass is 16.5. The molecule has 36 heavy (non-hydrogen) atoms. The smallest absolute Gasteiger partial charge is 0.339 e. The van der Waals surface area contributed by atoms with Crippen LogP contribution in [0, 0.1) is 6.92 Å². The van der Waals surface area contributed by atoms with Gasteiger partial charge in [0.15, 0.2) is 0 Å². The van der Waals surface area contributed by atoms with Crippen molar-refractivity contribution in [2.75, 3.05) is 26.1 Å². The van der Waals surface area contributed by atoms with E-state index >= 15 is 0 Å². The van der Waals surface area contributed by atoms with Crippen molar-refractivity contribution < 1.29 is 23.9 Å². The van der Waals surface area contributed by atoms with Crippen molar-refractivity contribution in [2.24, 2.45) is 0 Å². The van der Waals surface area contributed by atoms with Gasteiger partial charge in [-0.05, 0) is 37.3 Å². The SMILES string of the molecule is COC(=O)c1ccc(C(=O)OC)c(NC(=O)NCCn2c(-c3ccc(C)cc3)nc3ccccc32)c1. The minimum atomic E-state index is -0.644. The molecule has 2 N–H and O–H groups in total. The summed E-state index contributed by atoms with van der Waals surface area (Å²) in [7, 11) is 2.49. The average molecular weight is 487 g/mol. The third-order valence-corrected chi connectivity index (χ3v) is 5.68. The topological polar surface area (TPSA) is 112 Å². The number of methoxy groups -OCH3 is 2. The molecule has 1 aromatic heterocycles. The van der Waals surface area contributed by atoms with Crippen LogP contribution in [0.2, 0.25) is 0 Å². The Labute approximate surface area is 208 Å². The first kappa shape index (κ1) is 24.5. The lowest BCUT2D eigenvalue weighted by Crippen LogP contribution is -2.32. The van der Waals surface area contributed by atoms with Crippen molar-refractivity contribution in [3.05, 3.63) is 83.4 Å². The number of carbonyl (C=O) groups is 3. The second-order valence-electron chi connectivity index (χ2n) is 8.07. The van der Waals surface area contributed by atoms with Crippen LogP contribution in [0.15, 0.2) is 66.7 Å². The van der Waals surface area contributed by atoms with E-state index in [4.69, 9.17) is 14.5 Å². The van der Waals surface area contributed by atoms with Gasteiger partial charge in [-0.25, -0.2) is 19.4 Å². The number of nitrogens with zero attached hydrogens (tertiary/aromatic N) is 2. The molecule has 0 unspecified atom stereocenters. The molecule has 0 spiro atoms. The van der Waals surface area contributed by atoms with Crippen molar-refractivity contribution in [3.8, 4) is 11.4 Å². The van der Waals surface area contributed by atoms with E-state index in [1.54, 1.807) is 0 Å². The Morgan fingerprint density at radius 2 is 1.64 bits per heavy atom. The van der Waals surface area contributed by atoms with Gasteiger partial charge in [0.2, 0.25) is 0 Å². The fourth-order valence-electron chi connectivity index (χ4n) is 3.85. The third-order valence-electron chi connectivity index (χ3n) is 5.68. The lowest BCUT2D eigenvalue weighted by molar-refractivity contribution is 0.0587. The number of fused-ring (bicyclic) bond motifs is 1. The molecule has 0 bridgehead atoms. The van der Waals surface area contributed by atoms with Crippen molar-refractivity contribution >= 4 is 34.7 Å². The van der Waals surface area contributed by atoms with E-state index in [0.717, 1.165) is 28.0 Å². The largest absolute Gasteiger partial charge is 0.465 e. The standard InChI is InChI=1S/C27H26N4O5/c1-17-8-10-18(11-9-17)24-29-21-6-4-5-7-23(21)31(24)15-14-28-27(34)30-22-16-19(25(32)35-2)12-13-20(22)26(33)36-3/h4-13,16H,14-15H2,1-3H3,(H2,28,30,34). The Hall–Kier alpha value is -4.66. The predicted molar refractivity (Wildman–Crippen MR) is 136 cm³/mol. The van der Waals surface area contributed by atoms with Gasteiger partial charge in [-0.1, -0.05) is 42.0 Å². The number of anilines is 1. The van der Waals surface area contributed by atoms with Gasteiger partial charge in [-0.3, -0.25) is 0 Å². The number of aromatic nitrogens is 2. The molecule has 3 aromatic carbocycles. The first-order valence-electron chi connectivity index (χ1n) is 11.3. The number of esters is 2. The summed E-state index contributed by atoms with van der Waals surface area (Å²) in [5.74, 6) is -0.433. The molecular weight excluding hydrogens is 460 g/mol. The molecule has 9 heteroatoms. The summed E-state index contributed by atoms with van der Waals surface area (Å²) in [4.78, 5) is 41.5. The van der Waals surface area contributed by atoms with Gasteiger partial charge in [-0.2, -0.15) is 0 Å². The van der Waals surface area contributed by atoms with Crippen molar-refractivity contribution in [3.63, 3.8) is 0 Å². The van der Waals surface area contributed by atoms with Gasteiger partial charge in [0.05, 0.1) is 42.1 Å². The molecular formula is C27H26N4O5. The van der Waals surface area contributed by atoms with Crippen LogP contribution in [-0.4, -0.2) is 48.3 Å². The molecule has 0 saturated carbocycles. The summed E-state index contributed by atoms with van der Waals surface area (Å²) in [5.41, 5.74) is 4.38. The van der Waals surface area contributed by atoms with E-state index in [1.165, 1.54) is 32.4 Å². The third kappa shape index (κ3) is 5.20. The molecule has 4 aromatic rings. The van der Waals surface area contributed by atoms with E-state index in [0.29, 0.717) is 6.54 Å². The lowest BCUT2D eigenvalue weighted by atomic mass is 10.1. The lowest BCUT2D eigenvalue weighted by Gasteiger charge is -2.13. The van der Waals surface area contributed by atoms with Gasteiger partial charge in [0, 0.05) is 18.7 Å². The maximum Gasteiger partial charge on any atom is 0.339 e. The second kappa shape index (κ2) is 10.7. The number of para-hydroxylation sites is 2. The zero-order valence-corrected chi connectivity index (χ0v) is 20.2. The minimum absolute atomic E-state index is 0.113. The molecule has 184 valence electrons. The quantitative estimate of drug-likeness (QED) is 0.375. The number of urea groups is 1. The van der Waals surface area contributed by atoms with E-state index in [9.17, 15) is 14.4 Å². The summed E-state index contributed by atoms with van der Waals surface area (Å²) in [6.07, 6.45) is 0. The van der Waals surface area contributed by atoms with Gasteiger partial charge in [-0.15, -0.1) is 0 Å². The van der Waals surface area contributed by atoms with E-state index in [-0.39, 0.29) is 23.4 Å². The van der Waals surface area contributed by atoms with Crippen LogP contribution in [0.1, 0.15) is 26.3 Å². The number of hydrogen-bond acceptors (Lipinski definition) is 6. The van der Waals surface area contributed by atoms with E-state index in [2.05, 4.69) is 15.2 Å². The van der Waals surface area contributed by atoms with Crippen molar-refractivity contribution in [2.45, 2.75) is 13.5 Å². The number of rotatable bonds is 7. The predicted octanol–water partition coefficient (Wildman–Crippen LogP) is 4.41. The molecule has 1 heterocycles. The summed E-state index contributed by atoms with van der Waals surface area (Å²) < 4.78 is 11.6. The molecule has 0 aliphatic carbocycles. The first-order chi connectivity index (χ1) is 17.4. The Bertz CT molecular complexity index is 1430. The van der Waals surface area contributed by atoms with Gasteiger partial charge < -0.3 is 24.7 Å². The van der Waals surface area contributed by atoms with Crippen LogP contribution in [0.5, 0.6) is 0 Å². The van der Waals surface area contributed by atoms with Gasteiger partial charge >= 0.3 is 18.0 Å². The zero-order valence-electron chi connectivity index (χ0n) is 20.2. The summed E-state index contributed by atoms with van der Waals surface area (Å²) in [6, 6.07) is 19.6. The van der Waals surface area contributed by atoms with Crippen LogP contribution >= 0.6 is 0 Å². The molecule has 0 aliphatic heterocycles. The Balaban J connectivity index is 1.52. The summed E-state index contributed by atoms with van der Waals surface area (Å²) in [6.45, 7) is 2.78. The minimum Gasteiger partial charge on any atom is -0.465 e. The maximum absolute atomic E-state index is 12.7. The highest BCUT2D eigenvalue weighted by Gasteiger charge is 2.18. The summed E-state index contributed by atoms with van der Waals surface area (Å²) >= 11 is 0. The van der Waals surface area contributed by atoms with Crippen LogP contribution < -0.4 is 10.6 Å². The number of imidazole rings is 1. The Morgan fingerprint density at radius 3 is 2.36 bits per heavy atom. The summed E-state index contributed by atoms with van der Waals surface area (Å²) in [5, 5.41) is 5.43. The zero-order chi connectivity index (χ0) is 25.7. The van der Waals surface area contributed by atoms with Crippen LogP contribution in [0.3, 0.4) is 0 Å². The highest BCUT2D eigenvalue weighted by Crippen LogP contribution is 2.25. The van der Waals surface area contributed by atoms with Crippen LogP contribution in [0.4, 0.5) is 10.5 Å². The number of amides is 2. The fraction of sp³-hybridized carbons (Fsp3) is 0.185. The number of hydrogen-bond donors (Lipinski definition) is 2. The maximum atomic E-state index is 12.7. The fourth-order valence-corrected chi connectivity index (χ4v) is 3.85. The average Bonchev–Trinajstić information content (AvgIpc) is 3.26. The van der Waals surface area contributed by atoms with E-state index < -0.39 is 18.0 Å². The molecule has 0 aliphatic rings. The number of benzene rings is 3. The monoisotopic (exact) mass is 486 g/mol. The highest BCUT2D eigenvalue weighted by molar-refractivity contribution is 6.03. The van der Waals surface area contributed by atoms with Gasteiger partial charge in [0.25, 0.3) is 0 Å². The van der Waals surface area contributed by atoms with Crippen molar-refractivity contribution in [1.29, 1.82) is 0 Å². The molecule has 2 amide bonds. The number of carbonyl (C=O) groups excluding carboxylic acids is 3. The van der Waals surface area contributed by atoms with Crippen LogP contribution in [-0.2, 0) is 16.0 Å². The number of ether oxygens (including phenoxy) is 2. The first-order valence-corrected chi connectivity index (χ1v) is 11.3. The normalized spacial score (nSPS) is 10.6. The second-order valence-corrected chi connectivity index (χ2v) is 8.07. The number of aryl methyl sites for hydroxylation is 1. The van der Waals surface area contributed by atoms with Crippen LogP contribution in [0.25, 0.3) is 22.4 Å². The van der Waals surface area contributed by atoms with Gasteiger partial charge in [0.1, 0.15) is 5.82 Å². The molecule has 4 rings (SSSR count). The van der Waals surface area contributed by atoms with E-state index in [1.807, 2.05) is 55.5 Å². The molecule has 9 nitrogen and oxygen atoms in total.